The number of rotatable bonds is 5. The molecule has 0 spiro atoms. The molecule has 2 atom stereocenters. The van der Waals surface area contributed by atoms with Crippen molar-refractivity contribution < 1.29 is 13.2 Å². The third-order valence-electron chi connectivity index (χ3n) is 3.80. The Morgan fingerprint density at radius 1 is 1.45 bits per heavy atom. The topological polar surface area (TPSA) is 67.4 Å². The van der Waals surface area contributed by atoms with Gasteiger partial charge in [-0.05, 0) is 57.0 Å². The summed E-state index contributed by atoms with van der Waals surface area (Å²) in [6, 6.07) is 4.84. The van der Waals surface area contributed by atoms with Crippen LogP contribution in [0.3, 0.4) is 0 Å². The third-order valence-corrected chi connectivity index (χ3v) is 5.87. The number of ether oxygens (including phenoxy) is 1. The highest BCUT2D eigenvalue weighted by Gasteiger charge is 2.27. The van der Waals surface area contributed by atoms with E-state index in [0.29, 0.717) is 16.1 Å². The number of hydrogen-bond acceptors (Lipinski definition) is 4. The number of halogens is 2. The van der Waals surface area contributed by atoms with E-state index in [4.69, 9.17) is 4.74 Å². The molecule has 2 rings (SSSR count). The first-order valence-corrected chi connectivity index (χ1v) is 9.28. The molecule has 5 nitrogen and oxygen atoms in total. The van der Waals surface area contributed by atoms with Gasteiger partial charge in [-0.1, -0.05) is 15.9 Å². The second-order valence-electron chi connectivity index (χ2n) is 5.31. The number of sulfonamides is 1. The second-order valence-corrected chi connectivity index (χ2v) is 7.91. The summed E-state index contributed by atoms with van der Waals surface area (Å²) < 4.78 is 33.8. The fraction of sp³-hybridized carbons (Fsp3) is 0.571. The van der Waals surface area contributed by atoms with Gasteiger partial charge in [0, 0.05) is 10.5 Å². The van der Waals surface area contributed by atoms with Gasteiger partial charge in [-0.25, -0.2) is 13.1 Å². The first-order valence-electron chi connectivity index (χ1n) is 7.00. The quantitative estimate of drug-likeness (QED) is 0.778. The Kier molecular flexibility index (Phi) is 7.61. The lowest BCUT2D eigenvalue weighted by molar-refractivity contribution is 0.320. The average molecular weight is 414 g/mol. The molecule has 1 aliphatic heterocycles. The summed E-state index contributed by atoms with van der Waals surface area (Å²) in [4.78, 5) is 0.162. The molecule has 2 unspecified atom stereocenters. The van der Waals surface area contributed by atoms with Crippen LogP contribution in [0.2, 0.25) is 0 Å². The highest BCUT2D eigenvalue weighted by molar-refractivity contribution is 9.10. The summed E-state index contributed by atoms with van der Waals surface area (Å²) in [5.74, 6) is 0.659. The number of hydrogen-bond donors (Lipinski definition) is 2. The molecule has 1 heterocycles. The van der Waals surface area contributed by atoms with Crippen molar-refractivity contribution in [3.63, 3.8) is 0 Å². The van der Waals surface area contributed by atoms with E-state index >= 15 is 0 Å². The zero-order valence-electron chi connectivity index (χ0n) is 12.6. The number of piperidine rings is 1. The summed E-state index contributed by atoms with van der Waals surface area (Å²) in [5.41, 5.74) is 0. The van der Waals surface area contributed by atoms with Crippen LogP contribution in [0.1, 0.15) is 19.8 Å². The predicted molar refractivity (Wildman–Crippen MR) is 93.3 cm³/mol. The van der Waals surface area contributed by atoms with E-state index in [1.165, 1.54) is 7.11 Å². The van der Waals surface area contributed by atoms with E-state index in [1.54, 1.807) is 18.2 Å². The van der Waals surface area contributed by atoms with Gasteiger partial charge in [0.05, 0.1) is 7.11 Å². The molecule has 0 aliphatic carbocycles. The van der Waals surface area contributed by atoms with Crippen molar-refractivity contribution >= 4 is 38.4 Å². The van der Waals surface area contributed by atoms with Gasteiger partial charge in [-0.15, -0.1) is 12.4 Å². The summed E-state index contributed by atoms with van der Waals surface area (Å²) in [7, 11) is -2.14. The Bertz CT molecular complexity index is 592. The molecule has 8 heteroatoms. The monoisotopic (exact) mass is 412 g/mol. The Hall–Kier alpha value is -0.340. The van der Waals surface area contributed by atoms with Crippen LogP contribution in [0.15, 0.2) is 27.6 Å². The van der Waals surface area contributed by atoms with Gasteiger partial charge in [0.25, 0.3) is 0 Å². The van der Waals surface area contributed by atoms with Crippen molar-refractivity contribution in [2.45, 2.75) is 30.7 Å². The van der Waals surface area contributed by atoms with E-state index in [1.807, 2.05) is 6.92 Å². The van der Waals surface area contributed by atoms with Crippen LogP contribution in [0, 0.1) is 5.92 Å². The SMILES string of the molecule is COc1ccc(Br)cc1S(=O)(=O)NC(C)C1CCCNC1.Cl. The lowest BCUT2D eigenvalue weighted by Crippen LogP contribution is -2.44. The molecule has 0 bridgehead atoms. The zero-order chi connectivity index (χ0) is 15.5. The fourth-order valence-corrected chi connectivity index (χ4v) is 4.59. The molecule has 22 heavy (non-hydrogen) atoms. The minimum absolute atomic E-state index is 0. The van der Waals surface area contributed by atoms with Gasteiger partial charge in [0.15, 0.2) is 0 Å². The van der Waals surface area contributed by atoms with Crippen LogP contribution in [-0.4, -0.2) is 34.7 Å². The molecule has 0 radical (unpaired) electrons. The first kappa shape index (κ1) is 19.7. The Morgan fingerprint density at radius 2 is 2.18 bits per heavy atom. The average Bonchev–Trinajstić information content (AvgIpc) is 2.47. The van der Waals surface area contributed by atoms with E-state index < -0.39 is 10.0 Å². The van der Waals surface area contributed by atoms with Crippen LogP contribution >= 0.6 is 28.3 Å². The van der Waals surface area contributed by atoms with E-state index in [2.05, 4.69) is 26.0 Å². The molecule has 0 aromatic heterocycles. The molecule has 1 saturated heterocycles. The molecule has 1 aromatic rings. The molecule has 0 saturated carbocycles. The van der Waals surface area contributed by atoms with Gasteiger partial charge < -0.3 is 10.1 Å². The predicted octanol–water partition coefficient (Wildman–Crippen LogP) is 2.55. The highest BCUT2D eigenvalue weighted by Crippen LogP contribution is 2.28. The second kappa shape index (κ2) is 8.49. The Balaban J connectivity index is 0.00000242. The lowest BCUT2D eigenvalue weighted by Gasteiger charge is -2.28. The Labute approximate surface area is 146 Å². The van der Waals surface area contributed by atoms with Crippen LogP contribution in [-0.2, 0) is 10.0 Å². The molecule has 1 aromatic carbocycles. The highest BCUT2D eigenvalue weighted by atomic mass is 79.9. The Morgan fingerprint density at radius 3 is 2.77 bits per heavy atom. The molecular weight excluding hydrogens is 392 g/mol. The third kappa shape index (κ3) is 4.83. The maximum atomic E-state index is 12.6. The summed E-state index contributed by atoms with van der Waals surface area (Å²) in [6.45, 7) is 3.77. The zero-order valence-corrected chi connectivity index (χ0v) is 15.9. The van der Waals surface area contributed by atoms with Gasteiger partial charge in [0.1, 0.15) is 10.6 Å². The molecule has 126 valence electrons. The van der Waals surface area contributed by atoms with Gasteiger partial charge in [-0.3, -0.25) is 0 Å². The van der Waals surface area contributed by atoms with Crippen molar-refractivity contribution in [1.82, 2.24) is 10.0 Å². The lowest BCUT2D eigenvalue weighted by atomic mass is 9.94. The minimum Gasteiger partial charge on any atom is -0.495 e. The molecule has 1 aliphatic rings. The normalized spacial score (nSPS) is 20.0. The fourth-order valence-electron chi connectivity index (χ4n) is 2.57. The smallest absolute Gasteiger partial charge is 0.244 e. The number of methoxy groups -OCH3 is 1. The maximum Gasteiger partial charge on any atom is 0.244 e. The first-order chi connectivity index (χ1) is 9.94. The molecule has 1 fully saturated rings. The van der Waals surface area contributed by atoms with Crippen molar-refractivity contribution in [1.29, 1.82) is 0 Å². The number of benzene rings is 1. The molecule has 2 N–H and O–H groups in total. The summed E-state index contributed by atoms with van der Waals surface area (Å²) in [6.07, 6.45) is 2.11. The summed E-state index contributed by atoms with van der Waals surface area (Å²) in [5, 5.41) is 3.31. The van der Waals surface area contributed by atoms with Crippen LogP contribution in [0.5, 0.6) is 5.75 Å². The largest absolute Gasteiger partial charge is 0.495 e. The van der Waals surface area contributed by atoms with Gasteiger partial charge in [0.2, 0.25) is 10.0 Å². The van der Waals surface area contributed by atoms with Crippen molar-refractivity contribution in [2.75, 3.05) is 20.2 Å². The summed E-state index contributed by atoms with van der Waals surface area (Å²) >= 11 is 3.30. The number of nitrogens with one attached hydrogen (secondary N) is 2. The maximum absolute atomic E-state index is 12.6. The van der Waals surface area contributed by atoms with Gasteiger partial charge in [-0.2, -0.15) is 0 Å². The van der Waals surface area contributed by atoms with Crippen LogP contribution < -0.4 is 14.8 Å². The van der Waals surface area contributed by atoms with Crippen molar-refractivity contribution in [3.05, 3.63) is 22.7 Å². The van der Waals surface area contributed by atoms with Gasteiger partial charge >= 0.3 is 0 Å². The van der Waals surface area contributed by atoms with E-state index in [9.17, 15) is 8.42 Å². The standard InChI is InChI=1S/C14H21BrN2O3S.ClH/c1-10(11-4-3-7-16-9-11)17-21(18,19)14-8-12(15)5-6-13(14)20-2;/h5-6,8,10-11,16-17H,3-4,7,9H2,1-2H3;1H. The minimum atomic E-state index is -3.61. The van der Waals surface area contributed by atoms with E-state index in [0.717, 1.165) is 25.9 Å². The molecule has 0 amide bonds. The van der Waals surface area contributed by atoms with E-state index in [-0.39, 0.29) is 23.3 Å². The van der Waals surface area contributed by atoms with Crippen LogP contribution in [0.25, 0.3) is 0 Å². The van der Waals surface area contributed by atoms with Crippen molar-refractivity contribution in [3.8, 4) is 5.75 Å². The van der Waals surface area contributed by atoms with Crippen LogP contribution in [0.4, 0.5) is 0 Å². The molecular formula is C14H22BrClN2O3S. The van der Waals surface area contributed by atoms with Crippen molar-refractivity contribution in [2.24, 2.45) is 5.92 Å².